The van der Waals surface area contributed by atoms with Crippen molar-refractivity contribution in [3.05, 3.63) is 38.4 Å². The van der Waals surface area contributed by atoms with E-state index in [0.717, 1.165) is 22.1 Å². The summed E-state index contributed by atoms with van der Waals surface area (Å²) in [4.78, 5) is 7.93. The molecule has 3 rings (SSSR count). The minimum absolute atomic E-state index is 0.389. The lowest BCUT2D eigenvalue weighted by molar-refractivity contribution is 0.238. The molecule has 3 aromatic heterocycles. The number of aromatic nitrogens is 3. The zero-order valence-electron chi connectivity index (χ0n) is 11.6. The fourth-order valence-corrected chi connectivity index (χ4v) is 3.36. The highest BCUT2D eigenvalue weighted by atomic mass is 32.1. The van der Waals surface area contributed by atoms with E-state index in [1.807, 2.05) is 31.5 Å². The summed E-state index contributed by atoms with van der Waals surface area (Å²) in [6.45, 7) is 3.34. The third-order valence-electron chi connectivity index (χ3n) is 2.81. The molecule has 0 radical (unpaired) electrons. The van der Waals surface area contributed by atoms with Crippen molar-refractivity contribution in [1.82, 2.24) is 19.7 Å². The largest absolute Gasteiger partial charge is 0.408 e. The molecule has 0 spiro atoms. The average molecular weight is 338 g/mol. The molecule has 0 aliphatic heterocycles. The maximum Gasteiger partial charge on any atom is 0.288 e. The van der Waals surface area contributed by atoms with Gasteiger partial charge in [0.2, 0.25) is 0 Å². The van der Waals surface area contributed by atoms with E-state index in [4.69, 9.17) is 16.6 Å². The van der Waals surface area contributed by atoms with Crippen molar-refractivity contribution in [2.24, 2.45) is 0 Å². The van der Waals surface area contributed by atoms with E-state index < -0.39 is 0 Å². The molecule has 0 unspecified atom stereocenters. The summed E-state index contributed by atoms with van der Waals surface area (Å²) >= 11 is 8.48. The molecule has 3 aromatic rings. The van der Waals surface area contributed by atoms with Crippen LogP contribution in [0, 0.1) is 11.8 Å². The van der Waals surface area contributed by atoms with Crippen LogP contribution in [0.4, 0.5) is 0 Å². The molecule has 0 N–H and O–H groups in total. The van der Waals surface area contributed by atoms with Crippen LogP contribution < -0.4 is 0 Å². The normalized spacial score (nSPS) is 11.4. The zero-order chi connectivity index (χ0) is 14.8. The van der Waals surface area contributed by atoms with E-state index in [1.165, 1.54) is 0 Å². The Morgan fingerprint density at radius 1 is 1.43 bits per heavy atom. The number of thiophene rings is 1. The van der Waals surface area contributed by atoms with Crippen LogP contribution in [0.2, 0.25) is 0 Å². The van der Waals surface area contributed by atoms with Gasteiger partial charge in [-0.1, -0.05) is 6.07 Å². The second-order valence-electron chi connectivity index (χ2n) is 4.66. The summed E-state index contributed by atoms with van der Waals surface area (Å²) in [5.41, 5.74) is 1.06. The van der Waals surface area contributed by atoms with Gasteiger partial charge in [-0.15, -0.1) is 27.8 Å². The van der Waals surface area contributed by atoms with Gasteiger partial charge in [0.1, 0.15) is 0 Å². The van der Waals surface area contributed by atoms with E-state index in [0.29, 0.717) is 17.4 Å². The maximum absolute atomic E-state index is 5.55. The van der Waals surface area contributed by atoms with E-state index in [-0.39, 0.29) is 0 Å². The minimum Gasteiger partial charge on any atom is -0.408 e. The topological polar surface area (TPSA) is 47.1 Å². The Morgan fingerprint density at radius 3 is 2.95 bits per heavy atom. The van der Waals surface area contributed by atoms with Crippen LogP contribution in [0.25, 0.3) is 10.8 Å². The number of aryl methyl sites for hydroxylation is 1. The van der Waals surface area contributed by atoms with Crippen molar-refractivity contribution < 1.29 is 4.42 Å². The molecule has 21 heavy (non-hydrogen) atoms. The van der Waals surface area contributed by atoms with E-state index >= 15 is 0 Å². The first kappa shape index (κ1) is 14.6. The standard InChI is InChI=1S/C13H14N4OS3/c1-9-14-10(7-21-9)6-16(2)8-17-13(19)18-12(15-17)11-4-3-5-20-11/h3-5,7H,6,8H2,1-2H3. The van der Waals surface area contributed by atoms with Crippen LogP contribution in [0.5, 0.6) is 0 Å². The van der Waals surface area contributed by atoms with Gasteiger partial charge in [0.05, 0.1) is 22.2 Å². The summed E-state index contributed by atoms with van der Waals surface area (Å²) in [6.07, 6.45) is 0. The lowest BCUT2D eigenvalue weighted by Crippen LogP contribution is -2.22. The Labute approximate surface area is 135 Å². The average Bonchev–Trinajstić information content (AvgIpc) is 3.13. The molecule has 0 aromatic carbocycles. The first-order valence-electron chi connectivity index (χ1n) is 6.33. The quantitative estimate of drug-likeness (QED) is 0.662. The van der Waals surface area contributed by atoms with Crippen molar-refractivity contribution in [2.75, 3.05) is 7.05 Å². The van der Waals surface area contributed by atoms with Gasteiger partial charge in [0.25, 0.3) is 10.7 Å². The zero-order valence-corrected chi connectivity index (χ0v) is 14.1. The fraction of sp³-hybridized carbons (Fsp3) is 0.308. The first-order valence-corrected chi connectivity index (χ1v) is 8.50. The Balaban J connectivity index is 1.71. The molecule has 0 fully saturated rings. The van der Waals surface area contributed by atoms with Crippen molar-refractivity contribution in [3.63, 3.8) is 0 Å². The molecule has 0 saturated heterocycles. The van der Waals surface area contributed by atoms with E-state index in [2.05, 4.69) is 20.4 Å². The molecule has 8 heteroatoms. The Bertz CT molecular complexity index is 772. The van der Waals surface area contributed by atoms with Gasteiger partial charge in [-0.3, -0.25) is 4.90 Å². The van der Waals surface area contributed by atoms with Crippen LogP contribution in [0.1, 0.15) is 10.7 Å². The minimum atomic E-state index is 0.389. The molecule has 0 aliphatic rings. The lowest BCUT2D eigenvalue weighted by Gasteiger charge is -2.14. The third-order valence-corrected chi connectivity index (χ3v) is 4.79. The second kappa shape index (κ2) is 6.18. The summed E-state index contributed by atoms with van der Waals surface area (Å²) in [5, 5.41) is 9.58. The number of hydrogen-bond donors (Lipinski definition) is 0. The van der Waals surface area contributed by atoms with Crippen molar-refractivity contribution in [3.8, 4) is 10.8 Å². The number of hydrogen-bond acceptors (Lipinski definition) is 7. The summed E-state index contributed by atoms with van der Waals surface area (Å²) < 4.78 is 7.25. The molecule has 0 aliphatic carbocycles. The molecule has 3 heterocycles. The predicted octanol–water partition coefficient (Wildman–Crippen LogP) is 3.79. The molecule has 0 atom stereocenters. The highest BCUT2D eigenvalue weighted by Crippen LogP contribution is 2.23. The Morgan fingerprint density at radius 2 is 2.29 bits per heavy atom. The van der Waals surface area contributed by atoms with E-state index in [9.17, 15) is 0 Å². The van der Waals surface area contributed by atoms with E-state index in [1.54, 1.807) is 27.4 Å². The van der Waals surface area contributed by atoms with Gasteiger partial charge in [0.15, 0.2) is 0 Å². The van der Waals surface area contributed by atoms with Gasteiger partial charge < -0.3 is 4.42 Å². The van der Waals surface area contributed by atoms with Crippen LogP contribution in [0.15, 0.2) is 27.3 Å². The molecule has 0 bridgehead atoms. The Hall–Kier alpha value is -1.35. The third kappa shape index (κ3) is 3.46. The van der Waals surface area contributed by atoms with Crippen molar-refractivity contribution in [1.29, 1.82) is 0 Å². The summed E-state index contributed by atoms with van der Waals surface area (Å²) in [7, 11) is 2.01. The second-order valence-corrected chi connectivity index (χ2v) is 7.02. The van der Waals surface area contributed by atoms with Gasteiger partial charge in [-0.2, -0.15) is 0 Å². The maximum atomic E-state index is 5.55. The van der Waals surface area contributed by atoms with Crippen molar-refractivity contribution >= 4 is 34.9 Å². The Kier molecular flexibility index (Phi) is 4.29. The van der Waals surface area contributed by atoms with Crippen molar-refractivity contribution in [2.45, 2.75) is 20.1 Å². The van der Waals surface area contributed by atoms with Crippen LogP contribution in [0.3, 0.4) is 0 Å². The number of rotatable bonds is 5. The van der Waals surface area contributed by atoms with Gasteiger partial charge in [0, 0.05) is 11.9 Å². The highest BCUT2D eigenvalue weighted by molar-refractivity contribution is 7.71. The van der Waals surface area contributed by atoms with Gasteiger partial charge >= 0.3 is 0 Å². The molecular formula is C13H14N4OS3. The predicted molar refractivity (Wildman–Crippen MR) is 87.0 cm³/mol. The van der Waals surface area contributed by atoms with Gasteiger partial charge in [-0.05, 0) is 37.6 Å². The molecule has 0 amide bonds. The SMILES string of the molecule is Cc1nc(CN(C)Cn2nc(-c3cccs3)oc2=S)cs1. The molecule has 0 saturated carbocycles. The van der Waals surface area contributed by atoms with Crippen LogP contribution in [-0.4, -0.2) is 26.7 Å². The smallest absolute Gasteiger partial charge is 0.288 e. The number of thiazole rings is 1. The highest BCUT2D eigenvalue weighted by Gasteiger charge is 2.11. The molecule has 110 valence electrons. The van der Waals surface area contributed by atoms with Gasteiger partial charge in [-0.25, -0.2) is 9.67 Å². The summed E-state index contributed by atoms with van der Waals surface area (Å²) in [5.74, 6) is 0.577. The van der Waals surface area contributed by atoms with Crippen LogP contribution in [-0.2, 0) is 13.2 Å². The first-order chi connectivity index (χ1) is 10.1. The van der Waals surface area contributed by atoms with Crippen LogP contribution >= 0.6 is 34.9 Å². The lowest BCUT2D eigenvalue weighted by atomic mass is 10.4. The summed E-state index contributed by atoms with van der Waals surface area (Å²) in [6, 6.07) is 3.94. The monoisotopic (exact) mass is 338 g/mol. The molecule has 5 nitrogen and oxygen atoms in total. The number of nitrogens with zero attached hydrogens (tertiary/aromatic N) is 4. The fourth-order valence-electron chi connectivity index (χ4n) is 1.93. The molecular weight excluding hydrogens is 324 g/mol.